The molecule has 0 saturated carbocycles. The van der Waals surface area contributed by atoms with Crippen LogP contribution < -0.4 is 10.5 Å². The fourth-order valence-corrected chi connectivity index (χ4v) is 1.35. The Balaban J connectivity index is 2.70. The van der Waals surface area contributed by atoms with E-state index in [0.717, 1.165) is 0 Å². The summed E-state index contributed by atoms with van der Waals surface area (Å²) in [6, 6.07) is 7.10. The van der Waals surface area contributed by atoms with E-state index in [4.69, 9.17) is 15.2 Å². The van der Waals surface area contributed by atoms with Crippen molar-refractivity contribution in [1.82, 2.24) is 0 Å². The monoisotopic (exact) mass is 237 g/mol. The van der Waals surface area contributed by atoms with Gasteiger partial charge in [0.1, 0.15) is 5.75 Å². The molecule has 1 unspecified atom stereocenters. The zero-order valence-electron chi connectivity index (χ0n) is 10.5. The van der Waals surface area contributed by atoms with Crippen LogP contribution in [0.5, 0.6) is 5.75 Å². The number of carbonyl (C=O) groups is 1. The molecule has 0 radical (unpaired) electrons. The smallest absolute Gasteiger partial charge is 0.347 e. The molecular weight excluding hydrogens is 218 g/mol. The molecule has 0 aliphatic heterocycles. The minimum Gasteiger partial charge on any atom is -0.477 e. The molecule has 0 saturated heterocycles. The van der Waals surface area contributed by atoms with E-state index in [-0.39, 0.29) is 12.1 Å². The predicted molar refractivity (Wildman–Crippen MR) is 66.8 cm³/mol. The van der Waals surface area contributed by atoms with E-state index in [0.29, 0.717) is 17.9 Å². The van der Waals surface area contributed by atoms with Gasteiger partial charge in [0.2, 0.25) is 0 Å². The van der Waals surface area contributed by atoms with Crippen molar-refractivity contribution in [1.29, 1.82) is 0 Å². The summed E-state index contributed by atoms with van der Waals surface area (Å²) in [5.41, 5.74) is 6.26. The first kappa shape index (κ1) is 13.4. The summed E-state index contributed by atoms with van der Waals surface area (Å²) in [7, 11) is 0. The van der Waals surface area contributed by atoms with Crippen LogP contribution in [0.1, 0.15) is 27.2 Å². The molecule has 1 aromatic carbocycles. The molecule has 0 amide bonds. The standard InChI is InChI=1S/C13H19NO3/c1-4-11(13(15)16-9(2)3)17-12-8-6-5-7-10(12)14/h5-9,11H,4,14H2,1-3H3. The zero-order valence-corrected chi connectivity index (χ0v) is 10.5. The van der Waals surface area contributed by atoms with Crippen LogP contribution in [-0.4, -0.2) is 18.2 Å². The molecule has 2 N–H and O–H groups in total. The van der Waals surface area contributed by atoms with Crippen molar-refractivity contribution in [2.24, 2.45) is 0 Å². The van der Waals surface area contributed by atoms with E-state index < -0.39 is 6.10 Å². The Morgan fingerprint density at radius 3 is 2.53 bits per heavy atom. The Bertz CT molecular complexity index is 377. The van der Waals surface area contributed by atoms with Crippen LogP contribution >= 0.6 is 0 Å². The minimum atomic E-state index is -0.609. The van der Waals surface area contributed by atoms with Crippen LogP contribution in [-0.2, 0) is 9.53 Å². The number of anilines is 1. The number of esters is 1. The fraction of sp³-hybridized carbons (Fsp3) is 0.462. The van der Waals surface area contributed by atoms with E-state index in [1.807, 2.05) is 32.9 Å². The van der Waals surface area contributed by atoms with Gasteiger partial charge in [0, 0.05) is 0 Å². The molecule has 0 aliphatic rings. The van der Waals surface area contributed by atoms with Gasteiger partial charge in [-0.3, -0.25) is 0 Å². The largest absolute Gasteiger partial charge is 0.477 e. The second-order valence-corrected chi connectivity index (χ2v) is 4.04. The quantitative estimate of drug-likeness (QED) is 0.631. The first-order valence-corrected chi connectivity index (χ1v) is 5.76. The van der Waals surface area contributed by atoms with Crippen LogP contribution in [0, 0.1) is 0 Å². The highest BCUT2D eigenvalue weighted by Gasteiger charge is 2.21. The van der Waals surface area contributed by atoms with Crippen molar-refractivity contribution in [3.05, 3.63) is 24.3 Å². The number of ether oxygens (including phenoxy) is 2. The van der Waals surface area contributed by atoms with Crippen molar-refractivity contribution in [3.63, 3.8) is 0 Å². The van der Waals surface area contributed by atoms with Crippen molar-refractivity contribution < 1.29 is 14.3 Å². The Kier molecular flexibility index (Phi) is 4.82. The molecule has 94 valence electrons. The Labute approximate surface area is 102 Å². The average Bonchev–Trinajstić information content (AvgIpc) is 2.27. The first-order chi connectivity index (χ1) is 8.04. The number of carbonyl (C=O) groups excluding carboxylic acids is 1. The van der Waals surface area contributed by atoms with Crippen LogP contribution in [0.4, 0.5) is 5.69 Å². The Hall–Kier alpha value is -1.71. The number of benzene rings is 1. The zero-order chi connectivity index (χ0) is 12.8. The molecule has 1 aromatic rings. The summed E-state index contributed by atoms with van der Waals surface area (Å²) < 4.78 is 10.7. The summed E-state index contributed by atoms with van der Waals surface area (Å²) in [6.07, 6.45) is -0.213. The number of nitrogen functional groups attached to an aromatic ring is 1. The van der Waals surface area contributed by atoms with Gasteiger partial charge in [0.25, 0.3) is 0 Å². The lowest BCUT2D eigenvalue weighted by Crippen LogP contribution is -2.30. The summed E-state index contributed by atoms with van der Waals surface area (Å²) in [4.78, 5) is 11.7. The number of nitrogens with two attached hydrogens (primary N) is 1. The topological polar surface area (TPSA) is 61.5 Å². The highest BCUT2D eigenvalue weighted by Crippen LogP contribution is 2.22. The molecule has 1 rings (SSSR count). The van der Waals surface area contributed by atoms with Gasteiger partial charge in [-0.25, -0.2) is 4.79 Å². The third-order valence-electron chi connectivity index (χ3n) is 2.17. The summed E-state index contributed by atoms with van der Waals surface area (Å²) >= 11 is 0. The summed E-state index contributed by atoms with van der Waals surface area (Å²) in [5, 5.41) is 0. The Morgan fingerprint density at radius 2 is 2.00 bits per heavy atom. The van der Waals surface area contributed by atoms with E-state index in [2.05, 4.69) is 0 Å². The number of para-hydroxylation sites is 2. The van der Waals surface area contributed by atoms with Crippen molar-refractivity contribution >= 4 is 11.7 Å². The molecule has 1 atom stereocenters. The maximum atomic E-state index is 11.7. The second kappa shape index (κ2) is 6.13. The van der Waals surface area contributed by atoms with Gasteiger partial charge in [0.05, 0.1) is 11.8 Å². The van der Waals surface area contributed by atoms with Gasteiger partial charge in [0.15, 0.2) is 6.10 Å². The lowest BCUT2D eigenvalue weighted by Gasteiger charge is -2.18. The molecule has 0 fully saturated rings. The SMILES string of the molecule is CCC(Oc1ccccc1N)C(=O)OC(C)C. The molecule has 0 aliphatic carbocycles. The van der Waals surface area contributed by atoms with Gasteiger partial charge in [-0.15, -0.1) is 0 Å². The highest BCUT2D eigenvalue weighted by molar-refractivity contribution is 5.75. The maximum absolute atomic E-state index is 11.7. The van der Waals surface area contributed by atoms with Gasteiger partial charge in [-0.1, -0.05) is 19.1 Å². The van der Waals surface area contributed by atoms with Gasteiger partial charge in [-0.05, 0) is 32.4 Å². The van der Waals surface area contributed by atoms with Crippen LogP contribution in [0.2, 0.25) is 0 Å². The Morgan fingerprint density at radius 1 is 1.35 bits per heavy atom. The number of hydrogen-bond acceptors (Lipinski definition) is 4. The van der Waals surface area contributed by atoms with E-state index >= 15 is 0 Å². The lowest BCUT2D eigenvalue weighted by molar-refractivity contribution is -0.155. The van der Waals surface area contributed by atoms with Gasteiger partial charge >= 0.3 is 5.97 Å². The van der Waals surface area contributed by atoms with Crippen LogP contribution in [0.25, 0.3) is 0 Å². The molecule has 4 heteroatoms. The average molecular weight is 237 g/mol. The fourth-order valence-electron chi connectivity index (χ4n) is 1.35. The molecule has 0 heterocycles. The predicted octanol–water partition coefficient (Wildman–Crippen LogP) is 2.38. The molecule has 17 heavy (non-hydrogen) atoms. The second-order valence-electron chi connectivity index (χ2n) is 4.04. The minimum absolute atomic E-state index is 0.145. The normalized spacial score (nSPS) is 12.2. The van der Waals surface area contributed by atoms with Crippen LogP contribution in [0.3, 0.4) is 0 Å². The van der Waals surface area contributed by atoms with Crippen molar-refractivity contribution in [3.8, 4) is 5.75 Å². The molecule has 4 nitrogen and oxygen atoms in total. The van der Waals surface area contributed by atoms with Crippen molar-refractivity contribution in [2.45, 2.75) is 39.4 Å². The van der Waals surface area contributed by atoms with E-state index in [9.17, 15) is 4.79 Å². The number of rotatable bonds is 5. The van der Waals surface area contributed by atoms with Crippen LogP contribution in [0.15, 0.2) is 24.3 Å². The van der Waals surface area contributed by atoms with E-state index in [1.54, 1.807) is 12.1 Å². The molecule has 0 spiro atoms. The van der Waals surface area contributed by atoms with E-state index in [1.165, 1.54) is 0 Å². The third kappa shape index (κ3) is 3.98. The van der Waals surface area contributed by atoms with Crippen molar-refractivity contribution in [2.75, 3.05) is 5.73 Å². The summed E-state index contributed by atoms with van der Waals surface area (Å²) in [5.74, 6) is 0.158. The number of hydrogen-bond donors (Lipinski definition) is 1. The summed E-state index contributed by atoms with van der Waals surface area (Å²) in [6.45, 7) is 5.48. The molecule has 0 aromatic heterocycles. The highest BCUT2D eigenvalue weighted by atomic mass is 16.6. The lowest BCUT2D eigenvalue weighted by atomic mass is 10.2. The first-order valence-electron chi connectivity index (χ1n) is 5.76. The molecular formula is C13H19NO3. The van der Waals surface area contributed by atoms with Gasteiger partial charge in [-0.2, -0.15) is 0 Å². The molecule has 0 bridgehead atoms. The third-order valence-corrected chi connectivity index (χ3v) is 2.17. The van der Waals surface area contributed by atoms with Gasteiger partial charge < -0.3 is 15.2 Å². The maximum Gasteiger partial charge on any atom is 0.347 e.